The molecule has 80 valence electrons. The summed E-state index contributed by atoms with van der Waals surface area (Å²) in [5.41, 5.74) is 4.62. The first-order chi connectivity index (χ1) is 6.13. The van der Waals surface area contributed by atoms with E-state index in [1.165, 1.54) is 0 Å². The van der Waals surface area contributed by atoms with Gasteiger partial charge in [0.25, 0.3) is 0 Å². The molecule has 0 radical (unpaired) electrons. The molecule has 0 saturated carbocycles. The van der Waals surface area contributed by atoms with Crippen molar-refractivity contribution in [2.24, 2.45) is 5.73 Å². The molecule has 6 heteroatoms. The molecule has 0 aromatic heterocycles. The number of aliphatic hydroxyl groups is 2. The van der Waals surface area contributed by atoms with E-state index < -0.39 is 19.5 Å². The molecule has 0 rings (SSSR count). The lowest BCUT2D eigenvalue weighted by Crippen LogP contribution is -2.36. The third-order valence-corrected chi connectivity index (χ3v) is 1.06. The fraction of sp³-hybridized carbons (Fsp3) is 0.857. The van der Waals surface area contributed by atoms with Gasteiger partial charge >= 0.3 is 6.03 Å². The largest absolute Gasteiger partial charge is 0.382 e. The van der Waals surface area contributed by atoms with Crippen molar-refractivity contribution in [3.05, 3.63) is 0 Å². The smallest absolute Gasteiger partial charge is 0.318 e. The Balaban J connectivity index is 0. The molecule has 4 N–H and O–H groups in total. The summed E-state index contributed by atoms with van der Waals surface area (Å²) in [7, 11) is 0. The van der Waals surface area contributed by atoms with Crippen molar-refractivity contribution >= 4 is 6.03 Å². The molecular weight excluding hydrogens is 176 g/mol. The number of carbonyl (C=O) groups excluding carboxylic acids is 1. The molecule has 0 saturated heterocycles. The molecule has 0 aromatic rings. The molecule has 0 atom stereocenters. The summed E-state index contributed by atoms with van der Waals surface area (Å²) in [6.07, 6.45) is 0. The highest BCUT2D eigenvalue weighted by Crippen LogP contribution is 1.78. The molecule has 0 spiro atoms. The molecule has 0 bridgehead atoms. The van der Waals surface area contributed by atoms with Gasteiger partial charge in [-0.05, 0) is 13.8 Å². The van der Waals surface area contributed by atoms with Crippen LogP contribution in [0.4, 0.5) is 4.79 Å². The number of primary amides is 1. The zero-order valence-electron chi connectivity index (χ0n) is 8.06. The number of amides is 2. The summed E-state index contributed by atoms with van der Waals surface area (Å²) in [5, 5.41) is 16.3. The molecule has 0 aliphatic heterocycles. The van der Waals surface area contributed by atoms with Crippen LogP contribution in [0.5, 0.6) is 0 Å². The van der Waals surface area contributed by atoms with Crippen molar-refractivity contribution in [3.8, 4) is 0 Å². The van der Waals surface area contributed by atoms with E-state index in [0.29, 0.717) is 4.90 Å². The van der Waals surface area contributed by atoms with Crippen LogP contribution in [0.3, 0.4) is 0 Å². The standard InChI is InChI=1S/C4H10O.C3H8N2O3/c1-3-5-4-2;4-3(8)5(1-6)2-7/h3-4H2,1-2H3;6-7H,1-2H2,(H2,4,8). The summed E-state index contributed by atoms with van der Waals surface area (Å²) < 4.78 is 4.83. The molecule has 13 heavy (non-hydrogen) atoms. The third kappa shape index (κ3) is 11.1. The second kappa shape index (κ2) is 11.2. The van der Waals surface area contributed by atoms with E-state index in [4.69, 9.17) is 14.9 Å². The number of hydrogen-bond acceptors (Lipinski definition) is 4. The van der Waals surface area contributed by atoms with Gasteiger partial charge in [-0.3, -0.25) is 4.90 Å². The minimum absolute atomic E-state index is 0.550. The van der Waals surface area contributed by atoms with Gasteiger partial charge in [0.2, 0.25) is 0 Å². The number of nitrogens with two attached hydrogens (primary N) is 1. The molecular formula is C7H18N2O4. The first-order valence-corrected chi connectivity index (χ1v) is 3.97. The number of ether oxygens (including phenoxy) is 1. The van der Waals surface area contributed by atoms with Gasteiger partial charge in [0.1, 0.15) is 13.5 Å². The van der Waals surface area contributed by atoms with E-state index in [1.807, 2.05) is 13.8 Å². The third-order valence-electron chi connectivity index (χ3n) is 1.06. The Morgan fingerprint density at radius 1 is 1.31 bits per heavy atom. The number of rotatable bonds is 4. The van der Waals surface area contributed by atoms with Crippen molar-refractivity contribution in [3.63, 3.8) is 0 Å². The first-order valence-electron chi connectivity index (χ1n) is 3.97. The van der Waals surface area contributed by atoms with Crippen LogP contribution in [0.15, 0.2) is 0 Å². The molecule has 6 nitrogen and oxygen atoms in total. The number of aliphatic hydroxyl groups excluding tert-OH is 2. The molecule has 2 amide bonds. The monoisotopic (exact) mass is 194 g/mol. The highest BCUT2D eigenvalue weighted by atomic mass is 16.5. The topological polar surface area (TPSA) is 96.0 Å². The van der Waals surface area contributed by atoms with E-state index >= 15 is 0 Å². The Kier molecular flexibility index (Phi) is 12.6. The molecule has 0 aliphatic carbocycles. The van der Waals surface area contributed by atoms with Crippen molar-refractivity contribution in [2.75, 3.05) is 26.7 Å². The Morgan fingerprint density at radius 3 is 1.69 bits per heavy atom. The van der Waals surface area contributed by atoms with Crippen molar-refractivity contribution in [2.45, 2.75) is 13.8 Å². The van der Waals surface area contributed by atoms with Crippen LogP contribution >= 0.6 is 0 Å². The summed E-state index contributed by atoms with van der Waals surface area (Å²) in [4.78, 5) is 10.7. The van der Waals surface area contributed by atoms with Crippen LogP contribution in [0.2, 0.25) is 0 Å². The fourth-order valence-electron chi connectivity index (χ4n) is 0.388. The Bertz CT molecular complexity index is 115. The Labute approximate surface area is 77.9 Å². The Morgan fingerprint density at radius 2 is 1.69 bits per heavy atom. The average Bonchev–Trinajstić information content (AvgIpc) is 2.08. The van der Waals surface area contributed by atoms with E-state index in [2.05, 4.69) is 5.73 Å². The Hall–Kier alpha value is -0.850. The summed E-state index contributed by atoms with van der Waals surface area (Å²) in [6, 6.07) is -0.838. The van der Waals surface area contributed by atoms with Crippen molar-refractivity contribution in [1.82, 2.24) is 4.90 Å². The van der Waals surface area contributed by atoms with Crippen LogP contribution in [0, 0.1) is 0 Å². The van der Waals surface area contributed by atoms with Crippen LogP contribution in [0.1, 0.15) is 13.8 Å². The van der Waals surface area contributed by atoms with Crippen LogP contribution in [-0.2, 0) is 4.74 Å². The zero-order chi connectivity index (χ0) is 10.7. The summed E-state index contributed by atoms with van der Waals surface area (Å²) >= 11 is 0. The maximum atomic E-state index is 9.99. The van der Waals surface area contributed by atoms with Gasteiger partial charge in [-0.15, -0.1) is 0 Å². The maximum Gasteiger partial charge on any atom is 0.318 e. The SMILES string of the molecule is CCOCC.NC(=O)N(CO)CO. The van der Waals surface area contributed by atoms with Crippen molar-refractivity contribution in [1.29, 1.82) is 0 Å². The summed E-state index contributed by atoms with van der Waals surface area (Å²) in [5.74, 6) is 0. The fourth-order valence-corrected chi connectivity index (χ4v) is 0.388. The second-order valence-corrected chi connectivity index (χ2v) is 1.94. The van der Waals surface area contributed by atoms with Gasteiger partial charge in [-0.1, -0.05) is 0 Å². The minimum Gasteiger partial charge on any atom is -0.382 e. The molecule has 0 aromatic carbocycles. The van der Waals surface area contributed by atoms with Gasteiger partial charge < -0.3 is 20.7 Å². The predicted molar refractivity (Wildman–Crippen MR) is 47.8 cm³/mol. The van der Waals surface area contributed by atoms with E-state index in [9.17, 15) is 4.79 Å². The number of hydrogen-bond donors (Lipinski definition) is 3. The lowest BCUT2D eigenvalue weighted by molar-refractivity contribution is 0.0608. The van der Waals surface area contributed by atoms with Gasteiger partial charge in [0, 0.05) is 13.2 Å². The average molecular weight is 194 g/mol. The zero-order valence-corrected chi connectivity index (χ0v) is 8.06. The highest BCUT2D eigenvalue weighted by Gasteiger charge is 2.02. The number of nitrogens with zero attached hydrogens (tertiary/aromatic N) is 1. The number of urea groups is 1. The number of carbonyl (C=O) groups is 1. The molecule has 0 aliphatic rings. The summed E-state index contributed by atoms with van der Waals surface area (Å²) in [6.45, 7) is 4.57. The van der Waals surface area contributed by atoms with Gasteiger partial charge in [0.05, 0.1) is 0 Å². The van der Waals surface area contributed by atoms with E-state index in [1.54, 1.807) is 0 Å². The lowest BCUT2D eigenvalue weighted by atomic mass is 10.8. The molecule has 0 unspecified atom stereocenters. The first kappa shape index (κ1) is 14.7. The van der Waals surface area contributed by atoms with Crippen LogP contribution in [0.25, 0.3) is 0 Å². The molecule has 0 fully saturated rings. The van der Waals surface area contributed by atoms with Gasteiger partial charge in [0.15, 0.2) is 0 Å². The van der Waals surface area contributed by atoms with E-state index in [-0.39, 0.29) is 0 Å². The minimum atomic E-state index is -0.838. The van der Waals surface area contributed by atoms with Crippen LogP contribution in [-0.4, -0.2) is 47.8 Å². The van der Waals surface area contributed by atoms with Crippen molar-refractivity contribution < 1.29 is 19.7 Å². The lowest BCUT2D eigenvalue weighted by Gasteiger charge is -2.11. The van der Waals surface area contributed by atoms with Crippen LogP contribution < -0.4 is 5.73 Å². The van der Waals surface area contributed by atoms with E-state index in [0.717, 1.165) is 13.2 Å². The molecule has 0 heterocycles. The van der Waals surface area contributed by atoms with Gasteiger partial charge in [-0.2, -0.15) is 0 Å². The maximum absolute atomic E-state index is 9.99. The quantitative estimate of drug-likeness (QED) is 0.516. The highest BCUT2D eigenvalue weighted by molar-refractivity contribution is 5.71. The normalized spacial score (nSPS) is 8.62. The predicted octanol–water partition coefficient (Wildman–Crippen LogP) is -0.691. The van der Waals surface area contributed by atoms with Gasteiger partial charge in [-0.25, -0.2) is 4.79 Å². The second-order valence-electron chi connectivity index (χ2n) is 1.94.